The number of nitrogens with two attached hydrogens (primary N) is 1. The summed E-state index contributed by atoms with van der Waals surface area (Å²) in [5, 5.41) is 15.2. The van der Waals surface area contributed by atoms with Crippen LogP contribution in [0.2, 0.25) is 5.28 Å². The van der Waals surface area contributed by atoms with Gasteiger partial charge in [0.1, 0.15) is 12.4 Å². The third-order valence-electron chi connectivity index (χ3n) is 7.68. The monoisotopic (exact) mass is 655 g/mol. The zero-order chi connectivity index (χ0) is 31.0. The number of nitrogens with zero attached hydrogens (tertiary/aromatic N) is 5. The lowest BCUT2D eigenvalue weighted by atomic mass is 9.86. The summed E-state index contributed by atoms with van der Waals surface area (Å²) in [6, 6.07) is 7.24. The van der Waals surface area contributed by atoms with Gasteiger partial charge in [-0.1, -0.05) is 35.4 Å². The molecule has 44 heavy (non-hydrogen) atoms. The fraction of sp³-hybridized carbons (Fsp3) is 0.379. The van der Waals surface area contributed by atoms with Gasteiger partial charge in [0.2, 0.25) is 11.2 Å². The summed E-state index contributed by atoms with van der Waals surface area (Å²) in [6.07, 6.45) is 0.751. The molecule has 2 aliphatic rings. The van der Waals surface area contributed by atoms with Crippen LogP contribution in [-0.2, 0) is 34.7 Å². The fourth-order valence-electron chi connectivity index (χ4n) is 5.54. The van der Waals surface area contributed by atoms with Gasteiger partial charge >= 0.3 is 12.0 Å². The Balaban J connectivity index is 1.31. The van der Waals surface area contributed by atoms with E-state index in [1.54, 1.807) is 45.2 Å². The number of benzene rings is 1. The molecular formula is C29H30ClN7O5S2. The van der Waals surface area contributed by atoms with Gasteiger partial charge in [0.15, 0.2) is 5.60 Å². The van der Waals surface area contributed by atoms with Gasteiger partial charge in [-0.2, -0.15) is 15.0 Å². The zero-order valence-electron chi connectivity index (χ0n) is 24.1. The third kappa shape index (κ3) is 5.49. The Morgan fingerprint density at radius 2 is 1.95 bits per heavy atom. The van der Waals surface area contributed by atoms with Crippen molar-refractivity contribution < 1.29 is 19.4 Å². The van der Waals surface area contributed by atoms with Crippen molar-refractivity contribution in [2.45, 2.75) is 45.4 Å². The van der Waals surface area contributed by atoms with E-state index >= 15 is 0 Å². The molecule has 0 bridgehead atoms. The number of nitrogens with one attached hydrogen (secondary N) is 1. The Labute approximate surface area is 265 Å². The first-order valence-corrected chi connectivity index (χ1v) is 17.0. The highest BCUT2D eigenvalue weighted by Gasteiger charge is 2.45. The third-order valence-corrected chi connectivity index (χ3v) is 10.3. The highest BCUT2D eigenvalue weighted by atomic mass is 35.5. The van der Waals surface area contributed by atoms with Crippen LogP contribution in [0.15, 0.2) is 29.1 Å². The Morgan fingerprint density at radius 3 is 2.73 bits per heavy atom. The number of cyclic esters (lactones) is 1. The summed E-state index contributed by atoms with van der Waals surface area (Å²) < 4.78 is 12.8. The Morgan fingerprint density at radius 1 is 1.14 bits per heavy atom. The molecule has 1 aromatic carbocycles. The average molecular weight is 656 g/mol. The van der Waals surface area contributed by atoms with Crippen LogP contribution in [0.25, 0.3) is 22.3 Å². The molecule has 0 saturated heterocycles. The number of aromatic nitrogens is 5. The number of aliphatic hydroxyl groups is 1. The molecule has 0 saturated carbocycles. The maximum absolute atomic E-state index is 13.6. The Kier molecular flexibility index (Phi) is 8.70. The van der Waals surface area contributed by atoms with Crippen molar-refractivity contribution >= 4 is 56.0 Å². The summed E-state index contributed by atoms with van der Waals surface area (Å²) in [5.41, 5.74) is 7.77. The number of pyridine rings is 2. The molecule has 0 aliphatic carbocycles. The van der Waals surface area contributed by atoms with E-state index in [2.05, 4.69) is 20.3 Å². The zero-order valence-corrected chi connectivity index (χ0v) is 26.4. The summed E-state index contributed by atoms with van der Waals surface area (Å²) in [4.78, 5) is 43.6. The van der Waals surface area contributed by atoms with Crippen LogP contribution in [0.5, 0.6) is 11.8 Å². The SMILES string of the molecule is CCc1c2c(nc3ccc(Oc4nc(Cl)nc(NCCSSCCN)n4)cc13)-c1cc3c(c(=O)n1C2)COC(=O)[C@]3(O)CC. The van der Waals surface area contributed by atoms with Crippen molar-refractivity contribution in [1.29, 1.82) is 0 Å². The molecule has 12 nitrogen and oxygen atoms in total. The number of carbonyl (C=O) groups is 1. The molecule has 15 heteroatoms. The molecule has 0 amide bonds. The molecule has 0 unspecified atom stereocenters. The van der Waals surface area contributed by atoms with E-state index in [4.69, 9.17) is 31.8 Å². The first-order valence-electron chi connectivity index (χ1n) is 14.2. The topological polar surface area (TPSA) is 167 Å². The number of anilines is 1. The maximum atomic E-state index is 13.6. The molecule has 2 aliphatic heterocycles. The van der Waals surface area contributed by atoms with Crippen LogP contribution in [0.1, 0.15) is 42.5 Å². The van der Waals surface area contributed by atoms with Gasteiger partial charge in [-0.25, -0.2) is 9.78 Å². The molecule has 0 radical (unpaired) electrons. The predicted molar refractivity (Wildman–Crippen MR) is 171 cm³/mol. The smallest absolute Gasteiger partial charge is 0.343 e. The summed E-state index contributed by atoms with van der Waals surface area (Å²) in [7, 11) is 3.42. The molecule has 230 valence electrons. The first kappa shape index (κ1) is 30.6. The highest BCUT2D eigenvalue weighted by Crippen LogP contribution is 2.41. The predicted octanol–water partition coefficient (Wildman–Crippen LogP) is 4.02. The molecular weight excluding hydrogens is 626 g/mol. The summed E-state index contributed by atoms with van der Waals surface area (Å²) in [5.74, 6) is 1.77. The van der Waals surface area contributed by atoms with Gasteiger partial charge in [0.05, 0.1) is 29.0 Å². The molecule has 6 rings (SSSR count). The second-order valence-corrected chi connectivity index (χ2v) is 13.3. The van der Waals surface area contributed by atoms with E-state index < -0.39 is 11.6 Å². The quantitative estimate of drug-likeness (QED) is 0.106. The van der Waals surface area contributed by atoms with Crippen molar-refractivity contribution in [2.24, 2.45) is 5.73 Å². The number of esters is 1. The lowest BCUT2D eigenvalue weighted by Crippen LogP contribution is -2.44. The minimum Gasteiger partial charge on any atom is -0.458 e. The number of hydrogen-bond donors (Lipinski definition) is 3. The van der Waals surface area contributed by atoms with Crippen molar-refractivity contribution in [3.05, 3.63) is 62.2 Å². The molecule has 5 heterocycles. The van der Waals surface area contributed by atoms with Crippen molar-refractivity contribution in [1.82, 2.24) is 24.5 Å². The molecule has 0 fully saturated rings. The largest absolute Gasteiger partial charge is 0.458 e. The lowest BCUT2D eigenvalue weighted by Gasteiger charge is -2.31. The van der Waals surface area contributed by atoms with E-state index in [0.717, 1.165) is 28.0 Å². The Bertz CT molecular complexity index is 1840. The van der Waals surface area contributed by atoms with E-state index in [9.17, 15) is 14.7 Å². The van der Waals surface area contributed by atoms with Gasteiger partial charge in [-0.05, 0) is 54.3 Å². The van der Waals surface area contributed by atoms with Crippen LogP contribution >= 0.6 is 33.2 Å². The minimum atomic E-state index is -1.88. The normalized spacial score (nSPS) is 16.8. The number of ether oxygens (including phenoxy) is 2. The number of hydrogen-bond acceptors (Lipinski definition) is 13. The van der Waals surface area contributed by atoms with Crippen LogP contribution in [-0.4, -0.2) is 60.2 Å². The standard InChI is InChI=1S/C29H30ClN7O5S2/c1-3-16-17-11-15(42-28-35-26(30)34-27(36-28)32-8-10-44-43-9-7-31)5-6-21(17)33-23-18(16)13-37-22(23)12-20-19(24(37)38)14-41-25(39)29(20,40)4-2/h5-6,11-12,40H,3-4,7-10,13-14,31H2,1-2H3,(H,32,34,35,36)/t29-/m0/s1. The molecule has 4 aromatic rings. The highest BCUT2D eigenvalue weighted by molar-refractivity contribution is 8.76. The number of carbonyl (C=O) groups excluding carboxylic acids is 1. The first-order chi connectivity index (χ1) is 21.3. The van der Waals surface area contributed by atoms with Crippen LogP contribution in [0.3, 0.4) is 0 Å². The number of rotatable bonds is 11. The van der Waals surface area contributed by atoms with E-state index in [1.807, 2.05) is 19.1 Å². The van der Waals surface area contributed by atoms with Crippen molar-refractivity contribution in [2.75, 3.05) is 29.9 Å². The van der Waals surface area contributed by atoms with Gasteiger partial charge in [-0.3, -0.25) is 4.79 Å². The number of aryl methyl sites for hydroxylation is 1. The number of fused-ring (bicyclic) bond motifs is 5. The van der Waals surface area contributed by atoms with Crippen LogP contribution in [0.4, 0.5) is 5.95 Å². The fourth-order valence-corrected chi connectivity index (χ4v) is 7.46. The average Bonchev–Trinajstić information content (AvgIpc) is 3.38. The van der Waals surface area contributed by atoms with E-state index in [0.29, 0.717) is 54.7 Å². The number of halogens is 1. The molecule has 3 aromatic heterocycles. The van der Waals surface area contributed by atoms with Gasteiger partial charge in [0, 0.05) is 41.1 Å². The van der Waals surface area contributed by atoms with Gasteiger partial charge in [-0.15, -0.1) is 0 Å². The Hall–Kier alpha value is -3.43. The lowest BCUT2D eigenvalue weighted by molar-refractivity contribution is -0.172. The van der Waals surface area contributed by atoms with E-state index in [1.165, 1.54) is 0 Å². The summed E-state index contributed by atoms with van der Waals surface area (Å²) >= 11 is 6.16. The van der Waals surface area contributed by atoms with Gasteiger partial charge in [0.25, 0.3) is 5.56 Å². The second kappa shape index (κ2) is 12.5. The molecule has 4 N–H and O–H groups in total. The minimum absolute atomic E-state index is 0.00478. The maximum Gasteiger partial charge on any atom is 0.343 e. The van der Waals surface area contributed by atoms with Crippen LogP contribution < -0.4 is 21.3 Å². The van der Waals surface area contributed by atoms with Crippen molar-refractivity contribution in [3.8, 4) is 23.1 Å². The second-order valence-electron chi connectivity index (χ2n) is 10.2. The van der Waals surface area contributed by atoms with E-state index in [-0.39, 0.29) is 41.0 Å². The van der Waals surface area contributed by atoms with Crippen molar-refractivity contribution in [3.63, 3.8) is 0 Å². The molecule has 0 spiro atoms. The van der Waals surface area contributed by atoms with Gasteiger partial charge < -0.3 is 30.2 Å². The summed E-state index contributed by atoms with van der Waals surface area (Å²) in [6.45, 7) is 5.13. The molecule has 1 atom stereocenters. The van der Waals surface area contributed by atoms with Crippen LogP contribution in [0, 0.1) is 0 Å².